The average Bonchev–Trinajstić information content (AvgIpc) is 3.01. The van der Waals surface area contributed by atoms with Crippen molar-refractivity contribution < 1.29 is 14.6 Å². The predicted octanol–water partition coefficient (Wildman–Crippen LogP) is 4.77. The van der Waals surface area contributed by atoms with Gasteiger partial charge in [-0.1, -0.05) is 36.0 Å². The second kappa shape index (κ2) is 8.76. The van der Waals surface area contributed by atoms with Gasteiger partial charge in [-0.3, -0.25) is 4.79 Å². The van der Waals surface area contributed by atoms with Crippen molar-refractivity contribution in [1.82, 2.24) is 4.90 Å². The minimum Gasteiger partial charge on any atom is -0.492 e. The topological polar surface area (TPSA) is 49.8 Å². The highest BCUT2D eigenvalue weighted by atomic mass is 35.5. The lowest BCUT2D eigenvalue weighted by Crippen LogP contribution is -2.44. The van der Waals surface area contributed by atoms with E-state index in [4.69, 9.17) is 9.84 Å². The summed E-state index contributed by atoms with van der Waals surface area (Å²) in [6.45, 7) is 5.41. The van der Waals surface area contributed by atoms with Crippen LogP contribution in [0.4, 0.5) is 0 Å². The van der Waals surface area contributed by atoms with E-state index in [2.05, 4.69) is 54.3 Å². The monoisotopic (exact) mass is 419 g/mol. The third kappa shape index (κ3) is 4.32. The van der Waals surface area contributed by atoms with Gasteiger partial charge in [0.25, 0.3) is 0 Å². The van der Waals surface area contributed by atoms with Crippen molar-refractivity contribution in [3.8, 4) is 5.75 Å². The van der Waals surface area contributed by atoms with E-state index >= 15 is 0 Å². The second-order valence-electron chi connectivity index (χ2n) is 7.58. The van der Waals surface area contributed by atoms with Crippen LogP contribution in [0.15, 0.2) is 52.3 Å². The molecule has 2 aliphatic rings. The number of aliphatic carboxylic acids is 1. The Morgan fingerprint density at radius 2 is 1.96 bits per heavy atom. The number of aryl methyl sites for hydroxylation is 1. The van der Waals surface area contributed by atoms with Crippen LogP contribution < -0.4 is 4.74 Å². The van der Waals surface area contributed by atoms with E-state index in [0.717, 1.165) is 38.3 Å². The third-order valence-electron chi connectivity index (χ3n) is 5.80. The van der Waals surface area contributed by atoms with E-state index in [1.54, 1.807) is 11.8 Å². The zero-order chi connectivity index (χ0) is 18.9. The summed E-state index contributed by atoms with van der Waals surface area (Å²) in [5.74, 6) is 0.302. The number of rotatable bonds is 5. The van der Waals surface area contributed by atoms with Gasteiger partial charge in [0, 0.05) is 27.3 Å². The number of likely N-dealkylation sites (tertiary alicyclic amines) is 1. The van der Waals surface area contributed by atoms with Crippen LogP contribution in [0, 0.1) is 6.92 Å². The summed E-state index contributed by atoms with van der Waals surface area (Å²) in [5.41, 5.74) is 2.71. The first-order valence-electron chi connectivity index (χ1n) is 9.51. The zero-order valence-electron chi connectivity index (χ0n) is 16.0. The van der Waals surface area contributed by atoms with Crippen LogP contribution in [0.5, 0.6) is 5.75 Å². The molecule has 1 saturated heterocycles. The van der Waals surface area contributed by atoms with Crippen molar-refractivity contribution in [1.29, 1.82) is 0 Å². The number of ether oxygens (including phenoxy) is 1. The van der Waals surface area contributed by atoms with Gasteiger partial charge in [-0.25, -0.2) is 0 Å². The third-order valence-corrected chi connectivity index (χ3v) is 6.97. The van der Waals surface area contributed by atoms with Gasteiger partial charge in [0.05, 0.1) is 13.0 Å². The largest absolute Gasteiger partial charge is 0.492 e. The lowest BCUT2D eigenvalue weighted by molar-refractivity contribution is -0.137. The Kier molecular flexibility index (Phi) is 6.58. The zero-order valence-corrected chi connectivity index (χ0v) is 17.7. The van der Waals surface area contributed by atoms with Crippen LogP contribution in [-0.2, 0) is 10.2 Å². The van der Waals surface area contributed by atoms with Gasteiger partial charge in [0.2, 0.25) is 0 Å². The molecule has 0 unspecified atom stereocenters. The molecule has 0 amide bonds. The molecule has 1 spiro atoms. The molecule has 0 aliphatic carbocycles. The summed E-state index contributed by atoms with van der Waals surface area (Å²) in [7, 11) is 0. The van der Waals surface area contributed by atoms with Crippen molar-refractivity contribution in [3.63, 3.8) is 0 Å². The van der Waals surface area contributed by atoms with Crippen molar-refractivity contribution in [2.75, 3.05) is 26.2 Å². The van der Waals surface area contributed by atoms with Gasteiger partial charge in [0.15, 0.2) is 0 Å². The number of hydrogen-bond acceptors (Lipinski definition) is 4. The number of carbonyl (C=O) groups is 1. The summed E-state index contributed by atoms with van der Waals surface area (Å²) >= 11 is 1.78. The Labute approximate surface area is 176 Å². The van der Waals surface area contributed by atoms with E-state index in [9.17, 15) is 4.79 Å². The Morgan fingerprint density at radius 1 is 1.21 bits per heavy atom. The van der Waals surface area contributed by atoms with Gasteiger partial charge in [0.1, 0.15) is 5.75 Å². The Morgan fingerprint density at radius 3 is 2.68 bits per heavy atom. The molecule has 0 atom stereocenters. The fourth-order valence-electron chi connectivity index (χ4n) is 4.09. The summed E-state index contributed by atoms with van der Waals surface area (Å²) in [4.78, 5) is 15.5. The maximum atomic E-state index is 10.8. The minimum absolute atomic E-state index is 0. The molecule has 2 heterocycles. The molecular weight excluding hydrogens is 394 g/mol. The number of benzene rings is 2. The first-order valence-corrected chi connectivity index (χ1v) is 10.3. The molecule has 1 N–H and O–H groups in total. The molecule has 0 saturated carbocycles. The molecule has 2 aromatic carbocycles. The Hall–Kier alpha value is -1.69. The van der Waals surface area contributed by atoms with Gasteiger partial charge in [-0.2, -0.15) is 0 Å². The molecule has 4 rings (SSSR count). The van der Waals surface area contributed by atoms with Crippen LogP contribution in [0.1, 0.15) is 30.4 Å². The number of fused-ring (bicyclic) bond motifs is 2. The number of piperidine rings is 1. The molecule has 0 bridgehead atoms. The smallest absolute Gasteiger partial charge is 0.304 e. The number of hydrogen-bond donors (Lipinski definition) is 1. The van der Waals surface area contributed by atoms with Gasteiger partial charge in [-0.05, 0) is 56.6 Å². The molecule has 6 heteroatoms. The van der Waals surface area contributed by atoms with Gasteiger partial charge in [-0.15, -0.1) is 12.4 Å². The lowest BCUT2D eigenvalue weighted by Gasteiger charge is -2.38. The number of carboxylic acid groups (broad SMARTS) is 1. The van der Waals surface area contributed by atoms with Crippen LogP contribution in [0.3, 0.4) is 0 Å². The highest BCUT2D eigenvalue weighted by Crippen LogP contribution is 2.47. The normalized spacial score (nSPS) is 17.6. The second-order valence-corrected chi connectivity index (χ2v) is 8.70. The first-order chi connectivity index (χ1) is 13.1. The molecule has 2 aliphatic heterocycles. The SMILES string of the molecule is Cc1ccccc1Sc1ccc2c(c1)OCC21CCN(CCC(=O)O)CC1.Cl. The van der Waals surface area contributed by atoms with Crippen molar-refractivity contribution in [2.24, 2.45) is 0 Å². The molecular formula is C22H26ClNO3S. The summed E-state index contributed by atoms with van der Waals surface area (Å²) in [5, 5.41) is 8.88. The average molecular weight is 420 g/mol. The molecule has 150 valence electrons. The number of carboxylic acids is 1. The molecule has 1 fully saturated rings. The van der Waals surface area contributed by atoms with E-state index < -0.39 is 5.97 Å². The highest BCUT2D eigenvalue weighted by molar-refractivity contribution is 7.99. The number of nitrogens with zero attached hydrogens (tertiary/aromatic N) is 1. The number of halogens is 1. The van der Waals surface area contributed by atoms with Crippen LogP contribution in [0.25, 0.3) is 0 Å². The maximum Gasteiger partial charge on any atom is 0.304 e. The van der Waals surface area contributed by atoms with Crippen molar-refractivity contribution in [3.05, 3.63) is 53.6 Å². The Balaban J connectivity index is 0.00000225. The van der Waals surface area contributed by atoms with Crippen LogP contribution in [-0.4, -0.2) is 42.2 Å². The lowest BCUT2D eigenvalue weighted by atomic mass is 9.74. The van der Waals surface area contributed by atoms with Gasteiger partial charge < -0.3 is 14.7 Å². The Bertz CT molecular complexity index is 849. The van der Waals surface area contributed by atoms with E-state index in [-0.39, 0.29) is 24.2 Å². The highest BCUT2D eigenvalue weighted by Gasteiger charge is 2.43. The molecule has 0 aromatic heterocycles. The molecule has 28 heavy (non-hydrogen) atoms. The quantitative estimate of drug-likeness (QED) is 0.756. The molecule has 2 aromatic rings. The first kappa shape index (κ1) is 21.0. The minimum atomic E-state index is -0.719. The van der Waals surface area contributed by atoms with E-state index in [1.165, 1.54) is 20.9 Å². The standard InChI is InChI=1S/C22H25NO3S.ClH/c1-16-4-2-3-5-20(16)27-17-6-7-18-19(14-17)26-15-22(18)9-12-23(13-10-22)11-8-21(24)25;/h2-7,14H,8-13,15H2,1H3,(H,24,25);1H. The van der Waals surface area contributed by atoms with Crippen LogP contribution >= 0.6 is 24.2 Å². The summed E-state index contributed by atoms with van der Waals surface area (Å²) < 4.78 is 6.11. The van der Waals surface area contributed by atoms with Crippen molar-refractivity contribution in [2.45, 2.75) is 41.4 Å². The predicted molar refractivity (Wildman–Crippen MR) is 114 cm³/mol. The van der Waals surface area contributed by atoms with E-state index in [1.807, 2.05) is 0 Å². The fourth-order valence-corrected chi connectivity index (χ4v) is 5.02. The van der Waals surface area contributed by atoms with E-state index in [0.29, 0.717) is 6.54 Å². The summed E-state index contributed by atoms with van der Waals surface area (Å²) in [6, 6.07) is 15.1. The fraction of sp³-hybridized carbons (Fsp3) is 0.409. The summed E-state index contributed by atoms with van der Waals surface area (Å²) in [6.07, 6.45) is 2.29. The molecule has 4 nitrogen and oxygen atoms in total. The van der Waals surface area contributed by atoms with Crippen LogP contribution in [0.2, 0.25) is 0 Å². The van der Waals surface area contributed by atoms with Crippen molar-refractivity contribution >= 4 is 30.1 Å². The maximum absolute atomic E-state index is 10.8. The molecule has 0 radical (unpaired) electrons. The van der Waals surface area contributed by atoms with Gasteiger partial charge >= 0.3 is 5.97 Å².